The first-order valence-corrected chi connectivity index (χ1v) is 7.32. The number of aryl methyl sites for hydroxylation is 2. The molecule has 2 aromatic rings. The predicted molar refractivity (Wildman–Crippen MR) is 80.7 cm³/mol. The molecule has 3 rings (SSSR count). The summed E-state index contributed by atoms with van der Waals surface area (Å²) in [5.41, 5.74) is 3.25. The quantitative estimate of drug-likeness (QED) is 0.731. The minimum atomic E-state index is -0.179. The molecule has 0 fully saturated rings. The van der Waals surface area contributed by atoms with Gasteiger partial charge in [-0.3, -0.25) is 0 Å². The maximum atomic E-state index is 6.62. The van der Waals surface area contributed by atoms with Crippen molar-refractivity contribution in [1.29, 1.82) is 0 Å². The van der Waals surface area contributed by atoms with Gasteiger partial charge in [0.2, 0.25) is 0 Å². The van der Waals surface area contributed by atoms with E-state index in [9.17, 15) is 0 Å². The topological polar surface area (TPSA) is 22.4 Å². The minimum Gasteiger partial charge on any atom is -0.487 e. The summed E-state index contributed by atoms with van der Waals surface area (Å²) >= 11 is 6.62. The monoisotopic (exact) mass is 290 g/mol. The van der Waals surface area contributed by atoms with Gasteiger partial charge in [0, 0.05) is 12.0 Å². The van der Waals surface area contributed by atoms with E-state index in [1.54, 1.807) is 0 Å². The van der Waals surface area contributed by atoms with Gasteiger partial charge in [0.1, 0.15) is 22.9 Å². The van der Waals surface area contributed by atoms with Crippen LogP contribution in [0.25, 0.3) is 0 Å². The van der Waals surface area contributed by atoms with Gasteiger partial charge < -0.3 is 9.15 Å². The molecule has 2 nitrogen and oxygen atoms in total. The van der Waals surface area contributed by atoms with E-state index in [-0.39, 0.29) is 11.0 Å². The number of benzene rings is 1. The van der Waals surface area contributed by atoms with Crippen LogP contribution in [0.2, 0.25) is 0 Å². The average molecular weight is 291 g/mol. The summed E-state index contributed by atoms with van der Waals surface area (Å²) in [5, 5.41) is -0.179. The maximum absolute atomic E-state index is 6.62. The van der Waals surface area contributed by atoms with E-state index in [1.807, 2.05) is 32.0 Å². The summed E-state index contributed by atoms with van der Waals surface area (Å²) in [6.07, 6.45) is 0.920. The van der Waals surface area contributed by atoms with Crippen molar-refractivity contribution in [2.24, 2.45) is 0 Å². The maximum Gasteiger partial charge on any atom is 0.123 e. The Hall–Kier alpha value is -1.41. The lowest BCUT2D eigenvalue weighted by molar-refractivity contribution is 0.138. The molecule has 0 spiro atoms. The van der Waals surface area contributed by atoms with Gasteiger partial charge in [-0.1, -0.05) is 12.1 Å². The Labute approximate surface area is 124 Å². The van der Waals surface area contributed by atoms with Crippen LogP contribution in [0.1, 0.15) is 47.4 Å². The van der Waals surface area contributed by atoms with Gasteiger partial charge in [0.25, 0.3) is 0 Å². The summed E-state index contributed by atoms with van der Waals surface area (Å²) in [4.78, 5) is 0. The number of hydrogen-bond acceptors (Lipinski definition) is 2. The highest BCUT2D eigenvalue weighted by Gasteiger charge is 2.30. The Morgan fingerprint density at radius 1 is 1.20 bits per heavy atom. The van der Waals surface area contributed by atoms with Crippen LogP contribution in [0.15, 0.2) is 28.7 Å². The molecule has 1 unspecified atom stereocenters. The highest BCUT2D eigenvalue weighted by molar-refractivity contribution is 6.22. The van der Waals surface area contributed by atoms with Crippen LogP contribution in [0.5, 0.6) is 5.75 Å². The Morgan fingerprint density at radius 2 is 1.95 bits per heavy atom. The highest BCUT2D eigenvalue weighted by atomic mass is 35.5. The molecule has 106 valence electrons. The third-order valence-corrected chi connectivity index (χ3v) is 4.22. The molecule has 1 atom stereocenters. The van der Waals surface area contributed by atoms with Crippen LogP contribution >= 0.6 is 11.6 Å². The van der Waals surface area contributed by atoms with Crippen molar-refractivity contribution in [2.75, 3.05) is 0 Å². The molecular weight excluding hydrogens is 272 g/mol. The molecule has 3 heteroatoms. The van der Waals surface area contributed by atoms with E-state index in [4.69, 9.17) is 20.8 Å². The zero-order valence-electron chi connectivity index (χ0n) is 12.3. The number of fused-ring (bicyclic) bond motifs is 1. The van der Waals surface area contributed by atoms with Crippen molar-refractivity contribution in [3.63, 3.8) is 0 Å². The van der Waals surface area contributed by atoms with E-state index in [1.165, 1.54) is 5.56 Å². The van der Waals surface area contributed by atoms with Crippen LogP contribution in [0.4, 0.5) is 0 Å². The molecule has 0 aliphatic carbocycles. The van der Waals surface area contributed by atoms with Crippen molar-refractivity contribution in [3.8, 4) is 5.75 Å². The number of rotatable bonds is 2. The van der Waals surface area contributed by atoms with E-state index in [2.05, 4.69) is 19.9 Å². The lowest BCUT2D eigenvalue weighted by atomic mass is 9.97. The van der Waals surface area contributed by atoms with Crippen LogP contribution in [0, 0.1) is 13.8 Å². The third kappa shape index (κ3) is 2.33. The van der Waals surface area contributed by atoms with E-state index >= 15 is 0 Å². The first-order chi connectivity index (χ1) is 9.35. The third-order valence-electron chi connectivity index (χ3n) is 3.73. The lowest BCUT2D eigenvalue weighted by Gasteiger charge is -2.16. The van der Waals surface area contributed by atoms with Gasteiger partial charge in [-0.25, -0.2) is 0 Å². The minimum absolute atomic E-state index is 0.120. The van der Waals surface area contributed by atoms with E-state index in [0.717, 1.165) is 34.8 Å². The molecule has 0 saturated heterocycles. The van der Waals surface area contributed by atoms with Gasteiger partial charge in [-0.05, 0) is 51.0 Å². The van der Waals surface area contributed by atoms with Crippen LogP contribution in [-0.4, -0.2) is 5.60 Å². The second kappa shape index (κ2) is 4.56. The summed E-state index contributed by atoms with van der Waals surface area (Å²) in [5.74, 6) is 2.76. The van der Waals surface area contributed by atoms with Gasteiger partial charge in [-0.2, -0.15) is 0 Å². The average Bonchev–Trinajstić information content (AvgIpc) is 2.84. The molecule has 2 heterocycles. The first-order valence-electron chi connectivity index (χ1n) is 6.88. The van der Waals surface area contributed by atoms with Gasteiger partial charge in [-0.15, -0.1) is 11.6 Å². The molecule has 0 amide bonds. The second-order valence-corrected chi connectivity index (χ2v) is 6.57. The number of halogens is 1. The molecular formula is C17H19ClO2. The van der Waals surface area contributed by atoms with Crippen molar-refractivity contribution in [1.82, 2.24) is 0 Å². The number of hydrogen-bond donors (Lipinski definition) is 0. The second-order valence-electron chi connectivity index (χ2n) is 6.14. The van der Waals surface area contributed by atoms with Crippen molar-refractivity contribution in [2.45, 2.75) is 45.1 Å². The predicted octanol–water partition coefficient (Wildman–Crippen LogP) is 4.94. The largest absolute Gasteiger partial charge is 0.487 e. The molecule has 1 aliphatic rings. The molecule has 1 aromatic heterocycles. The molecule has 20 heavy (non-hydrogen) atoms. The standard InChI is InChI=1S/C17H19ClO2/c1-10-7-14(11(2)19-10)16(18)12-5-6-15-13(8-12)9-17(3,4)20-15/h5-8,16H,9H2,1-4H3. The smallest absolute Gasteiger partial charge is 0.123 e. The van der Waals surface area contributed by atoms with Gasteiger partial charge in [0.15, 0.2) is 0 Å². The lowest BCUT2D eigenvalue weighted by Crippen LogP contribution is -2.24. The molecule has 0 bridgehead atoms. The summed E-state index contributed by atoms with van der Waals surface area (Å²) in [6, 6.07) is 8.24. The molecule has 0 N–H and O–H groups in total. The van der Waals surface area contributed by atoms with E-state index in [0.29, 0.717) is 0 Å². The molecule has 1 aliphatic heterocycles. The number of alkyl halides is 1. The summed E-state index contributed by atoms with van der Waals surface area (Å²) < 4.78 is 11.5. The first kappa shape index (κ1) is 13.6. The fraction of sp³-hybridized carbons (Fsp3) is 0.412. The summed E-state index contributed by atoms with van der Waals surface area (Å²) in [7, 11) is 0. The SMILES string of the molecule is Cc1cc(C(Cl)c2ccc3c(c2)CC(C)(C)O3)c(C)o1. The Balaban J connectivity index is 1.95. The van der Waals surface area contributed by atoms with Gasteiger partial charge >= 0.3 is 0 Å². The zero-order valence-corrected chi connectivity index (χ0v) is 13.0. The molecule has 0 saturated carbocycles. The molecule has 0 radical (unpaired) electrons. The van der Waals surface area contributed by atoms with E-state index < -0.39 is 0 Å². The normalized spacial score (nSPS) is 17.6. The Kier molecular flexibility index (Phi) is 3.09. The summed E-state index contributed by atoms with van der Waals surface area (Å²) in [6.45, 7) is 8.11. The Bertz CT molecular complexity index is 655. The van der Waals surface area contributed by atoms with Crippen molar-refractivity contribution >= 4 is 11.6 Å². The highest BCUT2D eigenvalue weighted by Crippen LogP contribution is 2.39. The zero-order chi connectivity index (χ0) is 14.5. The van der Waals surface area contributed by atoms with Crippen LogP contribution < -0.4 is 4.74 Å². The van der Waals surface area contributed by atoms with Crippen molar-refractivity contribution < 1.29 is 9.15 Å². The van der Waals surface area contributed by atoms with Crippen LogP contribution in [0.3, 0.4) is 0 Å². The molecule has 1 aromatic carbocycles. The number of ether oxygens (including phenoxy) is 1. The van der Waals surface area contributed by atoms with Crippen LogP contribution in [-0.2, 0) is 6.42 Å². The van der Waals surface area contributed by atoms with Crippen molar-refractivity contribution in [3.05, 3.63) is 52.5 Å². The fourth-order valence-corrected chi connectivity index (χ4v) is 3.22. The Morgan fingerprint density at radius 3 is 2.60 bits per heavy atom. The number of furan rings is 1. The van der Waals surface area contributed by atoms with Gasteiger partial charge in [0.05, 0.1) is 5.38 Å². The fourth-order valence-electron chi connectivity index (χ4n) is 2.87.